The van der Waals surface area contributed by atoms with Gasteiger partial charge in [-0.3, -0.25) is 29.1 Å². The number of benzene rings is 1. The van der Waals surface area contributed by atoms with E-state index in [2.05, 4.69) is 25.7 Å². The van der Waals surface area contributed by atoms with Crippen molar-refractivity contribution in [1.29, 1.82) is 0 Å². The van der Waals surface area contributed by atoms with E-state index >= 15 is 0 Å². The number of halogens is 2. The molecular formula is C48H59F2N9O8S. The van der Waals surface area contributed by atoms with Gasteiger partial charge in [-0.2, -0.15) is 0 Å². The first kappa shape index (κ1) is 47.4. The molecule has 68 heavy (non-hydrogen) atoms. The Labute approximate surface area is 397 Å². The Morgan fingerprint density at radius 2 is 1.69 bits per heavy atom. The van der Waals surface area contributed by atoms with Crippen molar-refractivity contribution >= 4 is 56.1 Å². The number of piperidine rings is 1. The number of fused-ring (bicyclic) bond motifs is 2. The Kier molecular flexibility index (Phi) is 14.8. The molecule has 1 saturated carbocycles. The summed E-state index contributed by atoms with van der Waals surface area (Å²) in [5.74, 6) is -1.59. The average Bonchev–Trinajstić information content (AvgIpc) is 4.12. The number of aromatic nitrogens is 3. The Morgan fingerprint density at radius 1 is 0.926 bits per heavy atom. The lowest BCUT2D eigenvalue weighted by atomic mass is 9.83. The predicted octanol–water partition coefficient (Wildman–Crippen LogP) is 4.82. The Hall–Kier alpha value is -5.70. The number of ether oxygens (including phenoxy) is 3. The second-order valence-corrected chi connectivity index (χ2v) is 19.2. The van der Waals surface area contributed by atoms with E-state index in [0.29, 0.717) is 12.3 Å². The molecule has 20 heteroatoms. The number of amides is 4. The molecule has 1 aromatic carbocycles. The first-order chi connectivity index (χ1) is 33.0. The third-order valence-corrected chi connectivity index (χ3v) is 14.8. The van der Waals surface area contributed by atoms with E-state index < -0.39 is 35.7 Å². The molecule has 4 aliphatic rings. The van der Waals surface area contributed by atoms with Crippen molar-refractivity contribution in [2.75, 3.05) is 72.7 Å². The lowest BCUT2D eigenvalue weighted by molar-refractivity contribution is -0.142. The summed E-state index contributed by atoms with van der Waals surface area (Å²) in [5.41, 5.74) is 1.22. The highest BCUT2D eigenvalue weighted by atomic mass is 32.1. The van der Waals surface area contributed by atoms with Crippen LogP contribution in [-0.4, -0.2) is 155 Å². The normalized spacial score (nSPS) is 19.9. The fourth-order valence-electron chi connectivity index (χ4n) is 9.84. The molecule has 1 aliphatic carbocycles. The van der Waals surface area contributed by atoms with Crippen LogP contribution in [0.2, 0.25) is 0 Å². The van der Waals surface area contributed by atoms with Crippen molar-refractivity contribution in [3.63, 3.8) is 0 Å². The molecule has 0 radical (unpaired) electrons. The summed E-state index contributed by atoms with van der Waals surface area (Å²) < 4.78 is 55.7. The summed E-state index contributed by atoms with van der Waals surface area (Å²) in [6.07, 6.45) is 8.37. The Morgan fingerprint density at radius 3 is 2.47 bits per heavy atom. The molecule has 2 N–H and O–H groups in total. The minimum absolute atomic E-state index is 0.0220. The molecule has 5 aromatic rings. The topological polar surface area (TPSA) is 177 Å². The van der Waals surface area contributed by atoms with E-state index in [9.17, 15) is 28.0 Å². The number of carbonyl (C=O) groups is 4. The van der Waals surface area contributed by atoms with Crippen molar-refractivity contribution in [3.05, 3.63) is 71.1 Å². The molecule has 3 saturated heterocycles. The van der Waals surface area contributed by atoms with Gasteiger partial charge in [0, 0.05) is 69.5 Å². The molecule has 0 bridgehead atoms. The van der Waals surface area contributed by atoms with Gasteiger partial charge in [0.2, 0.25) is 17.7 Å². The van der Waals surface area contributed by atoms with E-state index in [1.165, 1.54) is 10.6 Å². The average molecular weight is 960 g/mol. The third-order valence-electron chi connectivity index (χ3n) is 13.9. The molecule has 0 unspecified atom stereocenters. The van der Waals surface area contributed by atoms with E-state index in [4.69, 9.17) is 18.7 Å². The van der Waals surface area contributed by atoms with Gasteiger partial charge in [-0.25, -0.2) is 8.78 Å². The number of thiophene rings is 1. The van der Waals surface area contributed by atoms with Crippen molar-refractivity contribution in [2.45, 2.75) is 89.2 Å². The summed E-state index contributed by atoms with van der Waals surface area (Å²) in [6.45, 7) is 5.19. The number of likely N-dealkylation sites (N-methyl/N-ethyl adjacent to an activating group) is 1. The number of nitrogens with zero attached hydrogens (tertiary/aromatic N) is 7. The standard InChI is InChI=1S/C48H59F2N9O8S/c1-30(51-2)46(61)53-44(31-6-4-3-5-7-31)48(63)57-17-15-56(16-18-57)47(62)40-23-32-22-36(49)37(50)25-39(32)59(40)27-43(60)58-19-20-64-28-33(58)29-65-42-24-35(67-54-42)26-55-13-9-34(10-14-55)66-41-8-12-52-38-11-21-68-45(38)41/h8,11-12,21-25,30-31,33-34,44,51H,3-7,9-10,13-20,26-29H2,1-2H3,(H,53,61)/t30-,33+,44-/m0/s1. The van der Waals surface area contributed by atoms with Gasteiger partial charge < -0.3 is 48.6 Å². The van der Waals surface area contributed by atoms with Gasteiger partial charge in [0.05, 0.1) is 47.6 Å². The first-order valence-electron chi connectivity index (χ1n) is 23.7. The first-order valence-corrected chi connectivity index (χ1v) is 24.6. The van der Waals surface area contributed by atoms with Crippen LogP contribution in [0.15, 0.2) is 52.5 Å². The van der Waals surface area contributed by atoms with Crippen molar-refractivity contribution in [3.8, 4) is 11.6 Å². The molecule has 364 valence electrons. The fraction of sp³-hybridized carbons (Fsp3) is 0.542. The number of carbonyl (C=O) groups excluding carboxylic acids is 4. The molecular weight excluding hydrogens is 901 g/mol. The number of rotatable bonds is 15. The molecule has 7 heterocycles. The molecule has 4 aromatic heterocycles. The van der Waals surface area contributed by atoms with Gasteiger partial charge >= 0.3 is 0 Å². The number of piperazine rings is 1. The maximum absolute atomic E-state index is 14.8. The maximum Gasteiger partial charge on any atom is 0.270 e. The van der Waals surface area contributed by atoms with E-state index in [1.54, 1.807) is 52.3 Å². The zero-order chi connectivity index (χ0) is 47.3. The summed E-state index contributed by atoms with van der Waals surface area (Å²) in [4.78, 5) is 67.2. The Bertz CT molecular complexity index is 2580. The van der Waals surface area contributed by atoms with Crippen molar-refractivity contribution < 1.29 is 46.7 Å². The summed E-state index contributed by atoms with van der Waals surface area (Å²) in [5, 5.41) is 12.4. The molecule has 9 rings (SSSR count). The van der Waals surface area contributed by atoms with Gasteiger partial charge in [-0.15, -0.1) is 11.3 Å². The van der Waals surface area contributed by atoms with Crippen LogP contribution in [0.25, 0.3) is 21.1 Å². The van der Waals surface area contributed by atoms with E-state index in [-0.39, 0.29) is 111 Å². The van der Waals surface area contributed by atoms with Gasteiger partial charge in [0.1, 0.15) is 36.7 Å². The van der Waals surface area contributed by atoms with Crippen molar-refractivity contribution in [2.24, 2.45) is 5.92 Å². The quantitative estimate of drug-likeness (QED) is 0.147. The van der Waals surface area contributed by atoms with Gasteiger partial charge in [0.15, 0.2) is 17.4 Å². The number of nitrogens with one attached hydrogen (secondary N) is 2. The fourth-order valence-corrected chi connectivity index (χ4v) is 10.7. The number of morpholine rings is 1. The summed E-state index contributed by atoms with van der Waals surface area (Å²) in [6, 6.07) is 7.51. The molecule has 3 atom stereocenters. The second kappa shape index (κ2) is 21.3. The van der Waals surface area contributed by atoms with Crippen LogP contribution in [0.5, 0.6) is 11.6 Å². The zero-order valence-electron chi connectivity index (χ0n) is 38.5. The highest BCUT2D eigenvalue weighted by molar-refractivity contribution is 7.17. The van der Waals surface area contributed by atoms with Crippen LogP contribution >= 0.6 is 11.3 Å². The number of hydrogen-bond acceptors (Lipinski definition) is 13. The van der Waals surface area contributed by atoms with Crippen molar-refractivity contribution in [1.82, 2.24) is 44.9 Å². The maximum atomic E-state index is 14.8. The predicted molar refractivity (Wildman–Crippen MR) is 248 cm³/mol. The summed E-state index contributed by atoms with van der Waals surface area (Å²) >= 11 is 1.63. The monoisotopic (exact) mass is 959 g/mol. The molecule has 4 amide bonds. The molecule has 3 aliphatic heterocycles. The highest BCUT2D eigenvalue weighted by Gasteiger charge is 2.37. The molecule has 4 fully saturated rings. The molecule has 17 nitrogen and oxygen atoms in total. The zero-order valence-corrected chi connectivity index (χ0v) is 39.3. The van der Waals surface area contributed by atoms with E-state index in [1.807, 2.05) is 17.5 Å². The summed E-state index contributed by atoms with van der Waals surface area (Å²) in [7, 11) is 1.69. The molecule has 0 spiro atoms. The van der Waals surface area contributed by atoms with Crippen LogP contribution in [0.4, 0.5) is 8.78 Å². The number of likely N-dealkylation sites (tertiary alicyclic amines) is 1. The third kappa shape index (κ3) is 10.6. The smallest absolute Gasteiger partial charge is 0.270 e. The van der Waals surface area contributed by atoms with Crippen LogP contribution in [0.1, 0.15) is 68.1 Å². The second-order valence-electron chi connectivity index (χ2n) is 18.2. The minimum atomic E-state index is -1.11. The largest absolute Gasteiger partial charge is 0.489 e. The lowest BCUT2D eigenvalue weighted by Gasteiger charge is -2.39. The SMILES string of the molecule is CN[C@@H](C)C(=O)N[C@H](C(=O)N1CCN(C(=O)c2cc3cc(F)c(F)cc3n2CC(=O)N2CCOC[C@@H]2COc2cc(CN3CCC(Oc4ccnc5ccsc45)CC3)on2)CC1)C1CCCCC1. The number of hydrogen-bond donors (Lipinski definition) is 2. The van der Waals surface area contributed by atoms with Gasteiger partial charge in [-0.1, -0.05) is 19.3 Å². The van der Waals surface area contributed by atoms with Crippen LogP contribution in [0.3, 0.4) is 0 Å². The lowest BCUT2D eigenvalue weighted by Crippen LogP contribution is -2.59. The highest BCUT2D eigenvalue weighted by Crippen LogP contribution is 2.32. The van der Waals surface area contributed by atoms with E-state index in [0.717, 1.165) is 86.1 Å². The minimum Gasteiger partial charge on any atom is -0.489 e. The van der Waals surface area contributed by atoms with Crippen LogP contribution in [0, 0.1) is 17.6 Å². The number of pyridine rings is 1. The Balaban J connectivity index is 0.814. The van der Waals surface area contributed by atoms with Crippen LogP contribution in [-0.2, 0) is 32.2 Å². The van der Waals surface area contributed by atoms with Gasteiger partial charge in [0.25, 0.3) is 11.8 Å². The van der Waals surface area contributed by atoms with Crippen LogP contribution < -0.4 is 20.1 Å². The van der Waals surface area contributed by atoms with Gasteiger partial charge in [-0.05, 0) is 80.4 Å².